The Morgan fingerprint density at radius 2 is 2.14 bits per heavy atom. The van der Waals surface area contributed by atoms with E-state index in [4.69, 9.17) is 13.7 Å². The largest absolute Gasteiger partial charge is 0.465 e. The van der Waals surface area contributed by atoms with E-state index in [9.17, 15) is 13.2 Å². The molecule has 6 nitrogen and oxygen atoms in total. The van der Waals surface area contributed by atoms with Crippen molar-refractivity contribution < 1.29 is 26.9 Å². The number of carbonyl (C=O) groups excluding carboxylic acids is 1. The number of hydrogen-bond acceptors (Lipinski definition) is 6. The van der Waals surface area contributed by atoms with Crippen LogP contribution >= 0.6 is 0 Å². The van der Waals surface area contributed by atoms with E-state index in [0.29, 0.717) is 30.6 Å². The molecular formula is C15H20O6S. The Bertz CT molecular complexity index is 632. The molecule has 0 saturated carbocycles. The normalized spacial score (nSPS) is 18.7. The molecule has 0 N–H and O–H groups in total. The van der Waals surface area contributed by atoms with Crippen LogP contribution in [0.4, 0.5) is 0 Å². The van der Waals surface area contributed by atoms with E-state index >= 15 is 0 Å². The Morgan fingerprint density at radius 3 is 2.68 bits per heavy atom. The molecule has 0 radical (unpaired) electrons. The zero-order chi connectivity index (χ0) is 16.2. The zero-order valence-corrected chi connectivity index (χ0v) is 13.5. The van der Waals surface area contributed by atoms with Crippen molar-refractivity contribution in [3.63, 3.8) is 0 Å². The van der Waals surface area contributed by atoms with Gasteiger partial charge in [-0.15, -0.1) is 0 Å². The zero-order valence-electron chi connectivity index (χ0n) is 12.7. The molecule has 22 heavy (non-hydrogen) atoms. The van der Waals surface area contributed by atoms with Crippen LogP contribution in [0.25, 0.3) is 0 Å². The lowest BCUT2D eigenvalue weighted by Gasteiger charge is -2.24. The van der Waals surface area contributed by atoms with Gasteiger partial charge in [0.25, 0.3) is 0 Å². The van der Waals surface area contributed by atoms with Crippen molar-refractivity contribution in [3.05, 3.63) is 23.3 Å². The lowest BCUT2D eigenvalue weighted by molar-refractivity contribution is -0.105. The number of benzene rings is 1. The third-order valence-electron chi connectivity index (χ3n) is 3.35. The molecule has 0 aliphatic carbocycles. The topological polar surface area (TPSA) is 78.9 Å². The minimum Gasteiger partial charge on any atom is -0.465 e. The van der Waals surface area contributed by atoms with Crippen LogP contribution in [0, 0.1) is 0 Å². The van der Waals surface area contributed by atoms with E-state index in [1.54, 1.807) is 6.07 Å². The summed E-state index contributed by atoms with van der Waals surface area (Å²) in [5.74, 6) is 0.427. The summed E-state index contributed by atoms with van der Waals surface area (Å²) >= 11 is 0. The maximum atomic E-state index is 11.4. The third kappa shape index (κ3) is 4.45. The fourth-order valence-corrected chi connectivity index (χ4v) is 2.80. The second-order valence-electron chi connectivity index (χ2n) is 5.17. The van der Waals surface area contributed by atoms with E-state index in [0.717, 1.165) is 25.5 Å². The maximum absolute atomic E-state index is 11.4. The van der Waals surface area contributed by atoms with Crippen LogP contribution in [0.2, 0.25) is 0 Å². The molecule has 0 aromatic heterocycles. The Balaban J connectivity index is 2.33. The maximum Gasteiger partial charge on any atom is 0.306 e. The number of rotatable bonds is 6. The molecule has 1 heterocycles. The van der Waals surface area contributed by atoms with Crippen LogP contribution in [-0.4, -0.2) is 33.9 Å². The first-order chi connectivity index (χ1) is 10.4. The highest BCUT2D eigenvalue weighted by Crippen LogP contribution is 2.31. The van der Waals surface area contributed by atoms with Crippen molar-refractivity contribution in [2.45, 2.75) is 38.9 Å². The molecular weight excluding hydrogens is 308 g/mol. The second-order valence-corrected chi connectivity index (χ2v) is 6.74. The summed E-state index contributed by atoms with van der Waals surface area (Å²) in [4.78, 5) is 11.3. The molecule has 1 aromatic carbocycles. The van der Waals surface area contributed by atoms with Gasteiger partial charge in [-0.25, -0.2) is 0 Å². The van der Waals surface area contributed by atoms with Gasteiger partial charge in [0, 0.05) is 12.5 Å². The van der Waals surface area contributed by atoms with Gasteiger partial charge in [-0.05, 0) is 30.9 Å². The average molecular weight is 328 g/mol. The predicted molar refractivity (Wildman–Crippen MR) is 80.9 cm³/mol. The van der Waals surface area contributed by atoms with Crippen LogP contribution in [0.5, 0.6) is 11.5 Å². The summed E-state index contributed by atoms with van der Waals surface area (Å²) in [6.45, 7) is 2.51. The predicted octanol–water partition coefficient (Wildman–Crippen LogP) is 2.31. The van der Waals surface area contributed by atoms with Gasteiger partial charge in [0.15, 0.2) is 18.3 Å². The lowest BCUT2D eigenvalue weighted by atomic mass is 10.0. The van der Waals surface area contributed by atoms with E-state index in [2.05, 4.69) is 0 Å². The number of aryl methyl sites for hydroxylation is 1. The minimum atomic E-state index is -3.73. The van der Waals surface area contributed by atoms with E-state index in [1.165, 1.54) is 6.07 Å². The van der Waals surface area contributed by atoms with Crippen molar-refractivity contribution in [3.8, 4) is 11.5 Å². The molecule has 7 heteroatoms. The second kappa shape index (κ2) is 7.11. The van der Waals surface area contributed by atoms with Crippen molar-refractivity contribution >= 4 is 16.4 Å². The molecule has 0 amide bonds. The standard InChI is InChI=1S/C15H20O6S/c1-3-11-8-12(20-15-6-4-5-7-19-15)9-14(13(11)10-16)21-22(2,17)18/h8-10,15H,3-7H2,1-2H3. The lowest BCUT2D eigenvalue weighted by Crippen LogP contribution is -2.25. The molecule has 1 aromatic rings. The quantitative estimate of drug-likeness (QED) is 0.589. The van der Waals surface area contributed by atoms with Crippen LogP contribution in [-0.2, 0) is 21.3 Å². The van der Waals surface area contributed by atoms with Gasteiger partial charge in [0.1, 0.15) is 5.75 Å². The number of hydrogen-bond donors (Lipinski definition) is 0. The SMILES string of the molecule is CCc1cc(OC2CCCCO2)cc(OS(C)(=O)=O)c1C=O. The van der Waals surface area contributed by atoms with Gasteiger partial charge in [-0.1, -0.05) is 6.92 Å². The minimum absolute atomic E-state index is 0.0114. The van der Waals surface area contributed by atoms with Crippen LogP contribution < -0.4 is 8.92 Å². The highest BCUT2D eigenvalue weighted by molar-refractivity contribution is 7.86. The van der Waals surface area contributed by atoms with Gasteiger partial charge in [-0.3, -0.25) is 4.79 Å². The van der Waals surface area contributed by atoms with Gasteiger partial charge < -0.3 is 13.7 Å². The molecule has 2 rings (SSSR count). The Morgan fingerprint density at radius 1 is 1.36 bits per heavy atom. The summed E-state index contributed by atoms with van der Waals surface area (Å²) in [5, 5.41) is 0. The summed E-state index contributed by atoms with van der Waals surface area (Å²) in [6, 6.07) is 3.14. The molecule has 0 bridgehead atoms. The third-order valence-corrected chi connectivity index (χ3v) is 3.83. The van der Waals surface area contributed by atoms with Gasteiger partial charge in [0.2, 0.25) is 0 Å². The van der Waals surface area contributed by atoms with Gasteiger partial charge >= 0.3 is 10.1 Å². The Hall–Kier alpha value is -1.60. The van der Waals surface area contributed by atoms with Crippen molar-refractivity contribution in [2.75, 3.05) is 12.9 Å². The molecule has 1 unspecified atom stereocenters. The van der Waals surface area contributed by atoms with E-state index in [1.807, 2.05) is 6.92 Å². The van der Waals surface area contributed by atoms with E-state index in [-0.39, 0.29) is 17.6 Å². The van der Waals surface area contributed by atoms with Crippen molar-refractivity contribution in [1.29, 1.82) is 0 Å². The monoisotopic (exact) mass is 328 g/mol. The van der Waals surface area contributed by atoms with Crippen molar-refractivity contribution in [2.24, 2.45) is 0 Å². The summed E-state index contributed by atoms with van der Waals surface area (Å²) in [6.07, 6.45) is 4.53. The molecule has 0 spiro atoms. The van der Waals surface area contributed by atoms with E-state index < -0.39 is 10.1 Å². The van der Waals surface area contributed by atoms with Crippen LogP contribution in [0.1, 0.15) is 42.1 Å². The summed E-state index contributed by atoms with van der Waals surface area (Å²) < 4.78 is 38.9. The van der Waals surface area contributed by atoms with Crippen molar-refractivity contribution in [1.82, 2.24) is 0 Å². The number of carbonyl (C=O) groups is 1. The Kier molecular flexibility index (Phi) is 5.42. The fraction of sp³-hybridized carbons (Fsp3) is 0.533. The average Bonchev–Trinajstić information content (AvgIpc) is 2.46. The molecule has 1 aliphatic heterocycles. The van der Waals surface area contributed by atoms with Gasteiger partial charge in [-0.2, -0.15) is 8.42 Å². The van der Waals surface area contributed by atoms with Crippen LogP contribution in [0.15, 0.2) is 12.1 Å². The first-order valence-corrected chi connectivity index (χ1v) is 9.04. The number of ether oxygens (including phenoxy) is 2. The smallest absolute Gasteiger partial charge is 0.306 e. The number of aldehydes is 1. The highest BCUT2D eigenvalue weighted by Gasteiger charge is 2.19. The van der Waals surface area contributed by atoms with Crippen LogP contribution in [0.3, 0.4) is 0 Å². The highest BCUT2D eigenvalue weighted by atomic mass is 32.2. The summed E-state index contributed by atoms with van der Waals surface area (Å²) in [5.41, 5.74) is 0.895. The summed E-state index contributed by atoms with van der Waals surface area (Å²) in [7, 11) is -3.73. The molecule has 122 valence electrons. The molecule has 1 atom stereocenters. The Labute approximate surface area is 130 Å². The fourth-order valence-electron chi connectivity index (χ4n) is 2.34. The molecule has 1 saturated heterocycles. The molecule has 1 fully saturated rings. The first kappa shape index (κ1) is 16.8. The van der Waals surface area contributed by atoms with Gasteiger partial charge in [0.05, 0.1) is 18.4 Å². The first-order valence-electron chi connectivity index (χ1n) is 7.22. The molecule has 1 aliphatic rings.